The van der Waals surface area contributed by atoms with Crippen LogP contribution in [0.3, 0.4) is 0 Å². The van der Waals surface area contributed by atoms with Gasteiger partial charge in [-0.25, -0.2) is 9.97 Å². The maximum Gasteiger partial charge on any atom is 0.223 e. The Kier molecular flexibility index (Phi) is 7.51. The highest BCUT2D eigenvalue weighted by molar-refractivity contribution is 5.91. The predicted molar refractivity (Wildman–Crippen MR) is 169 cm³/mol. The lowest BCUT2D eigenvalue weighted by atomic mass is 9.90. The summed E-state index contributed by atoms with van der Waals surface area (Å²) in [6, 6.07) is 18.5. The third-order valence-corrected chi connectivity index (χ3v) is 8.59. The minimum Gasteiger partial charge on any atom is -0.352 e. The van der Waals surface area contributed by atoms with E-state index in [0.717, 1.165) is 89.2 Å². The molecule has 8 heteroatoms. The molecule has 1 saturated heterocycles. The summed E-state index contributed by atoms with van der Waals surface area (Å²) in [5.74, 6) is 0.685. The fraction of sp³-hybridized carbons (Fsp3) is 0.286. The first-order valence-corrected chi connectivity index (χ1v) is 15.1. The zero-order valence-corrected chi connectivity index (χ0v) is 24.4. The number of carbonyl (C=O) groups is 1. The van der Waals surface area contributed by atoms with E-state index in [1.807, 2.05) is 41.9 Å². The molecule has 1 atom stereocenters. The molecule has 4 aromatic heterocycles. The molecule has 1 unspecified atom stereocenters. The second-order valence-electron chi connectivity index (χ2n) is 11.6. The number of pyridine rings is 2. The number of allylic oxidation sites excluding steroid dienone is 3. The molecular weight excluding hydrogens is 534 g/mol. The summed E-state index contributed by atoms with van der Waals surface area (Å²) < 4.78 is 1.85. The van der Waals surface area contributed by atoms with Crippen molar-refractivity contribution < 1.29 is 4.79 Å². The summed E-state index contributed by atoms with van der Waals surface area (Å²) in [5.41, 5.74) is 7.95. The third kappa shape index (κ3) is 5.83. The van der Waals surface area contributed by atoms with Gasteiger partial charge in [0.2, 0.25) is 5.91 Å². The highest BCUT2D eigenvalue weighted by Gasteiger charge is 2.26. The molecule has 0 spiro atoms. The van der Waals surface area contributed by atoms with Crippen molar-refractivity contribution in [2.45, 2.75) is 32.7 Å². The molecule has 0 bridgehead atoms. The van der Waals surface area contributed by atoms with Crippen molar-refractivity contribution in [3.8, 4) is 11.1 Å². The van der Waals surface area contributed by atoms with Crippen LogP contribution in [0.25, 0.3) is 33.4 Å². The molecule has 1 fully saturated rings. The van der Waals surface area contributed by atoms with Gasteiger partial charge in [-0.3, -0.25) is 9.78 Å². The van der Waals surface area contributed by atoms with Crippen molar-refractivity contribution in [3.63, 3.8) is 0 Å². The lowest BCUT2D eigenvalue weighted by Crippen LogP contribution is -2.41. The van der Waals surface area contributed by atoms with E-state index in [4.69, 9.17) is 4.98 Å². The molecule has 1 N–H and O–H groups in total. The van der Waals surface area contributed by atoms with Crippen LogP contribution in [-0.2, 0) is 11.3 Å². The lowest BCUT2D eigenvalue weighted by Gasteiger charge is -2.33. The SMILES string of the molecule is Cc1cc2ncc3cc(-c4ccccc4)c(C4=CCC(CN5CCC(C(=O)NCc6ccncc6)CC5)C=C4)nc3n2n1. The van der Waals surface area contributed by atoms with Crippen molar-refractivity contribution in [1.82, 2.24) is 34.8 Å². The number of amides is 1. The van der Waals surface area contributed by atoms with Crippen LogP contribution in [0.15, 0.2) is 91.4 Å². The molecule has 8 nitrogen and oxygen atoms in total. The second kappa shape index (κ2) is 11.9. The Labute approximate surface area is 251 Å². The molecule has 7 rings (SSSR count). The van der Waals surface area contributed by atoms with Crippen LogP contribution in [0.1, 0.15) is 36.2 Å². The predicted octanol–water partition coefficient (Wildman–Crippen LogP) is 5.64. The van der Waals surface area contributed by atoms with E-state index in [0.29, 0.717) is 12.5 Å². The van der Waals surface area contributed by atoms with Gasteiger partial charge in [-0.05, 0) is 80.1 Å². The van der Waals surface area contributed by atoms with Crippen molar-refractivity contribution in [3.05, 3.63) is 108 Å². The van der Waals surface area contributed by atoms with Crippen LogP contribution in [0.4, 0.5) is 0 Å². The molecule has 43 heavy (non-hydrogen) atoms. The Hall–Kier alpha value is -4.69. The Morgan fingerprint density at radius 2 is 1.86 bits per heavy atom. The Bertz CT molecular complexity index is 1820. The average Bonchev–Trinajstić information content (AvgIpc) is 3.45. The molecule has 0 radical (unpaired) electrons. The van der Waals surface area contributed by atoms with Crippen molar-refractivity contribution >= 4 is 28.2 Å². The van der Waals surface area contributed by atoms with Gasteiger partial charge in [0.05, 0.1) is 11.4 Å². The zero-order chi connectivity index (χ0) is 29.2. The van der Waals surface area contributed by atoms with Crippen molar-refractivity contribution in [2.75, 3.05) is 19.6 Å². The highest BCUT2D eigenvalue weighted by Crippen LogP contribution is 2.34. The van der Waals surface area contributed by atoms with Crippen LogP contribution < -0.4 is 5.32 Å². The first kappa shape index (κ1) is 27.2. The number of benzene rings is 1. The second-order valence-corrected chi connectivity index (χ2v) is 11.6. The van der Waals surface area contributed by atoms with Crippen LogP contribution >= 0.6 is 0 Å². The first-order valence-electron chi connectivity index (χ1n) is 15.1. The molecule has 1 aliphatic carbocycles. The summed E-state index contributed by atoms with van der Waals surface area (Å²) in [6.07, 6.45) is 15.1. The van der Waals surface area contributed by atoms with Gasteiger partial charge in [0.15, 0.2) is 11.3 Å². The molecular formula is C35H35N7O. The van der Waals surface area contributed by atoms with Crippen molar-refractivity contribution in [2.24, 2.45) is 11.8 Å². The summed E-state index contributed by atoms with van der Waals surface area (Å²) >= 11 is 0. The van der Waals surface area contributed by atoms with Gasteiger partial charge < -0.3 is 10.2 Å². The van der Waals surface area contributed by atoms with E-state index in [2.05, 4.69) is 73.8 Å². The Morgan fingerprint density at radius 3 is 2.63 bits per heavy atom. The fourth-order valence-electron chi connectivity index (χ4n) is 6.23. The Morgan fingerprint density at radius 1 is 1.05 bits per heavy atom. The van der Waals surface area contributed by atoms with E-state index in [9.17, 15) is 4.79 Å². The minimum atomic E-state index is 0.0853. The molecule has 5 aromatic rings. The topological polar surface area (TPSA) is 88.3 Å². The molecule has 2 aliphatic rings. The number of rotatable bonds is 7. The number of fused-ring (bicyclic) bond motifs is 3. The van der Waals surface area contributed by atoms with Gasteiger partial charge in [0, 0.05) is 54.6 Å². The summed E-state index contributed by atoms with van der Waals surface area (Å²) in [6.45, 7) is 5.44. The van der Waals surface area contributed by atoms with Gasteiger partial charge in [0.1, 0.15) is 0 Å². The maximum absolute atomic E-state index is 12.7. The standard InChI is InChI=1S/C35H35N7O/c1-24-19-32-37-22-30-20-31(27-5-3-2-4-6-27)33(39-34(30)42(32)40-24)28-9-7-26(8-10-28)23-41-17-13-29(14-18-41)35(43)38-21-25-11-15-36-16-12-25/h2-7,9-12,15-16,19-20,22,26,29H,8,13-14,17-18,21,23H2,1H3,(H,38,43). The molecule has 216 valence electrons. The van der Waals surface area contributed by atoms with Crippen molar-refractivity contribution in [1.29, 1.82) is 0 Å². The number of likely N-dealkylation sites (tertiary alicyclic amines) is 1. The number of aryl methyl sites for hydroxylation is 1. The number of hydrogen-bond donors (Lipinski definition) is 1. The first-order chi connectivity index (χ1) is 21.1. The molecule has 1 aliphatic heterocycles. The number of aromatic nitrogens is 5. The Balaban J connectivity index is 1.03. The van der Waals surface area contributed by atoms with E-state index in [1.165, 1.54) is 0 Å². The zero-order valence-electron chi connectivity index (χ0n) is 24.4. The lowest BCUT2D eigenvalue weighted by molar-refractivity contribution is -0.126. The fourth-order valence-corrected chi connectivity index (χ4v) is 6.23. The molecule has 1 aromatic carbocycles. The average molecular weight is 570 g/mol. The highest BCUT2D eigenvalue weighted by atomic mass is 16.1. The van der Waals surface area contributed by atoms with Gasteiger partial charge in [-0.2, -0.15) is 9.61 Å². The third-order valence-electron chi connectivity index (χ3n) is 8.59. The maximum atomic E-state index is 12.7. The van der Waals surface area contributed by atoms with Crippen LogP contribution in [-0.4, -0.2) is 55.0 Å². The van der Waals surface area contributed by atoms with Crippen LogP contribution in [0.5, 0.6) is 0 Å². The summed E-state index contributed by atoms with van der Waals surface area (Å²) in [4.78, 5) is 29.1. The summed E-state index contributed by atoms with van der Waals surface area (Å²) in [5, 5.41) is 8.74. The van der Waals surface area contributed by atoms with Gasteiger partial charge in [-0.15, -0.1) is 0 Å². The van der Waals surface area contributed by atoms with Gasteiger partial charge in [-0.1, -0.05) is 48.6 Å². The van der Waals surface area contributed by atoms with Crippen LogP contribution in [0.2, 0.25) is 0 Å². The minimum absolute atomic E-state index is 0.0853. The number of nitrogens with zero attached hydrogens (tertiary/aromatic N) is 6. The smallest absolute Gasteiger partial charge is 0.223 e. The normalized spacial score (nSPS) is 17.8. The number of piperidine rings is 1. The summed E-state index contributed by atoms with van der Waals surface area (Å²) in [7, 11) is 0. The largest absolute Gasteiger partial charge is 0.352 e. The van der Waals surface area contributed by atoms with E-state index >= 15 is 0 Å². The van der Waals surface area contributed by atoms with E-state index in [-0.39, 0.29) is 11.8 Å². The number of nitrogens with one attached hydrogen (secondary N) is 1. The van der Waals surface area contributed by atoms with Gasteiger partial charge in [0.25, 0.3) is 0 Å². The van der Waals surface area contributed by atoms with Crippen LogP contribution in [0, 0.1) is 18.8 Å². The molecule has 0 saturated carbocycles. The van der Waals surface area contributed by atoms with E-state index in [1.54, 1.807) is 12.4 Å². The molecule has 1 amide bonds. The monoisotopic (exact) mass is 569 g/mol. The van der Waals surface area contributed by atoms with E-state index < -0.39 is 0 Å². The number of hydrogen-bond acceptors (Lipinski definition) is 6. The number of carbonyl (C=O) groups excluding carboxylic acids is 1. The van der Waals surface area contributed by atoms with Gasteiger partial charge >= 0.3 is 0 Å². The molecule has 5 heterocycles. The quantitative estimate of drug-likeness (QED) is 0.273.